The molecule has 4 rings (SSSR count). The third-order valence-electron chi connectivity index (χ3n) is 4.46. The first-order valence-corrected chi connectivity index (χ1v) is 7.34. The molecular weight excluding hydrogens is 246 g/mol. The molecule has 2 aromatic rings. The molecule has 1 fully saturated rings. The van der Waals surface area contributed by atoms with Crippen molar-refractivity contribution in [3.05, 3.63) is 65.2 Å². The van der Waals surface area contributed by atoms with E-state index in [9.17, 15) is 0 Å². The van der Waals surface area contributed by atoms with Crippen molar-refractivity contribution in [2.45, 2.75) is 31.5 Å². The summed E-state index contributed by atoms with van der Waals surface area (Å²) in [6.45, 7) is 1.05. The smallest absolute Gasteiger partial charge is 0.119 e. The molecule has 0 aromatic heterocycles. The molecule has 2 heteroatoms. The summed E-state index contributed by atoms with van der Waals surface area (Å²) in [7, 11) is 1.74. The molecule has 1 aliphatic carbocycles. The Morgan fingerprint density at radius 2 is 1.85 bits per heavy atom. The van der Waals surface area contributed by atoms with Gasteiger partial charge in [0.15, 0.2) is 0 Å². The minimum atomic E-state index is 0.421. The quantitative estimate of drug-likeness (QED) is 0.837. The summed E-state index contributed by atoms with van der Waals surface area (Å²) in [5.74, 6) is 0.966. The number of nitrogens with zero attached hydrogens (tertiary/aromatic N) is 1. The molecule has 0 bridgehead atoms. The Morgan fingerprint density at radius 1 is 1.05 bits per heavy atom. The molecule has 1 heterocycles. The van der Waals surface area contributed by atoms with Crippen LogP contribution in [0.3, 0.4) is 0 Å². The number of ether oxygens (including phenoxy) is 1. The van der Waals surface area contributed by atoms with E-state index in [1.54, 1.807) is 7.11 Å². The lowest BCUT2D eigenvalue weighted by molar-refractivity contribution is 0.233. The van der Waals surface area contributed by atoms with Crippen LogP contribution in [0.2, 0.25) is 0 Å². The molecule has 0 spiro atoms. The Morgan fingerprint density at radius 3 is 2.55 bits per heavy atom. The van der Waals surface area contributed by atoms with E-state index in [4.69, 9.17) is 4.74 Å². The van der Waals surface area contributed by atoms with E-state index in [0.29, 0.717) is 6.04 Å². The fraction of sp³-hybridized carbons (Fsp3) is 0.333. The molecular formula is C18H19NO. The first-order chi connectivity index (χ1) is 9.86. The molecule has 2 aromatic carbocycles. The van der Waals surface area contributed by atoms with E-state index in [2.05, 4.69) is 53.4 Å². The Labute approximate surface area is 120 Å². The van der Waals surface area contributed by atoms with Gasteiger partial charge in [0, 0.05) is 12.6 Å². The molecule has 0 saturated heterocycles. The monoisotopic (exact) mass is 265 g/mol. The summed E-state index contributed by atoms with van der Waals surface area (Å²) in [6, 6.07) is 18.6. The number of hydrogen-bond donors (Lipinski definition) is 0. The number of benzene rings is 2. The van der Waals surface area contributed by atoms with E-state index in [-0.39, 0.29) is 0 Å². The van der Waals surface area contributed by atoms with E-state index in [1.807, 2.05) is 0 Å². The second-order valence-electron chi connectivity index (χ2n) is 5.78. The fourth-order valence-corrected chi connectivity index (χ4v) is 3.33. The number of hydrogen-bond acceptors (Lipinski definition) is 2. The van der Waals surface area contributed by atoms with Gasteiger partial charge in [0.2, 0.25) is 0 Å². The zero-order valence-electron chi connectivity index (χ0n) is 11.8. The van der Waals surface area contributed by atoms with Crippen LogP contribution in [0, 0.1) is 0 Å². The number of methoxy groups -OCH3 is 1. The van der Waals surface area contributed by atoms with Crippen LogP contribution in [0.15, 0.2) is 48.5 Å². The Kier molecular flexibility index (Phi) is 2.78. The van der Waals surface area contributed by atoms with E-state index in [1.165, 1.54) is 29.5 Å². The predicted molar refractivity (Wildman–Crippen MR) is 79.8 cm³/mol. The van der Waals surface area contributed by atoms with Gasteiger partial charge in [-0.15, -0.1) is 0 Å². The molecule has 1 aliphatic heterocycles. The van der Waals surface area contributed by atoms with Gasteiger partial charge in [-0.05, 0) is 41.7 Å². The van der Waals surface area contributed by atoms with Gasteiger partial charge in [-0.1, -0.05) is 36.4 Å². The van der Waals surface area contributed by atoms with Crippen molar-refractivity contribution in [3.8, 4) is 5.75 Å². The second-order valence-corrected chi connectivity index (χ2v) is 5.78. The summed E-state index contributed by atoms with van der Waals surface area (Å²) in [5.41, 5.74) is 4.28. The first kappa shape index (κ1) is 12.0. The molecule has 2 aliphatic rings. The van der Waals surface area contributed by atoms with Crippen molar-refractivity contribution < 1.29 is 4.74 Å². The Balaban J connectivity index is 1.79. The maximum absolute atomic E-state index is 5.37. The third-order valence-corrected chi connectivity index (χ3v) is 4.46. The van der Waals surface area contributed by atoms with Crippen molar-refractivity contribution in [3.63, 3.8) is 0 Å². The van der Waals surface area contributed by atoms with Gasteiger partial charge < -0.3 is 4.74 Å². The average Bonchev–Trinajstić information content (AvgIpc) is 3.28. The highest BCUT2D eigenvalue weighted by Gasteiger charge is 2.40. The number of fused-ring (bicyclic) bond motifs is 1. The van der Waals surface area contributed by atoms with Crippen molar-refractivity contribution in [2.24, 2.45) is 0 Å². The van der Waals surface area contributed by atoms with Crippen LogP contribution in [0.1, 0.15) is 35.6 Å². The van der Waals surface area contributed by atoms with Crippen molar-refractivity contribution >= 4 is 0 Å². The summed E-state index contributed by atoms with van der Waals surface area (Å²) in [6.07, 6.45) is 2.68. The maximum atomic E-state index is 5.37. The van der Waals surface area contributed by atoms with Crippen LogP contribution in [-0.4, -0.2) is 18.1 Å². The average molecular weight is 265 g/mol. The summed E-state index contributed by atoms with van der Waals surface area (Å²) in [5, 5.41) is 0. The number of rotatable bonds is 3. The van der Waals surface area contributed by atoms with Crippen LogP contribution in [0.4, 0.5) is 0 Å². The zero-order chi connectivity index (χ0) is 13.5. The van der Waals surface area contributed by atoms with Gasteiger partial charge in [0.1, 0.15) is 5.75 Å². The van der Waals surface area contributed by atoms with Gasteiger partial charge >= 0.3 is 0 Å². The molecule has 1 unspecified atom stereocenters. The predicted octanol–water partition coefficient (Wildman–Crippen LogP) is 3.76. The van der Waals surface area contributed by atoms with Crippen molar-refractivity contribution in [1.29, 1.82) is 0 Å². The molecule has 20 heavy (non-hydrogen) atoms. The van der Waals surface area contributed by atoms with Crippen LogP contribution < -0.4 is 4.74 Å². The van der Waals surface area contributed by atoms with Gasteiger partial charge in [-0.3, -0.25) is 4.90 Å². The molecule has 102 valence electrons. The highest BCUT2D eigenvalue weighted by molar-refractivity contribution is 5.45. The standard InChI is InChI=1S/C18H19NO/c1-20-16-9-10-17-14(11-16)12-19(15-7-8-15)18(17)13-5-3-2-4-6-13/h2-6,9-11,15,18H,7-8,12H2,1H3. The van der Waals surface area contributed by atoms with Crippen LogP contribution in [-0.2, 0) is 6.54 Å². The van der Waals surface area contributed by atoms with Gasteiger partial charge in [0.25, 0.3) is 0 Å². The van der Waals surface area contributed by atoms with Gasteiger partial charge in [0.05, 0.1) is 13.2 Å². The summed E-state index contributed by atoms with van der Waals surface area (Å²) >= 11 is 0. The van der Waals surface area contributed by atoms with E-state index < -0.39 is 0 Å². The van der Waals surface area contributed by atoms with Gasteiger partial charge in [-0.25, -0.2) is 0 Å². The fourth-order valence-electron chi connectivity index (χ4n) is 3.33. The highest BCUT2D eigenvalue weighted by Crippen LogP contribution is 2.45. The normalized spacial score (nSPS) is 21.8. The van der Waals surface area contributed by atoms with E-state index in [0.717, 1.165) is 18.3 Å². The van der Waals surface area contributed by atoms with Crippen LogP contribution in [0.5, 0.6) is 5.75 Å². The second kappa shape index (κ2) is 4.64. The minimum Gasteiger partial charge on any atom is -0.497 e. The maximum Gasteiger partial charge on any atom is 0.119 e. The van der Waals surface area contributed by atoms with Crippen LogP contribution >= 0.6 is 0 Å². The molecule has 0 amide bonds. The molecule has 0 N–H and O–H groups in total. The van der Waals surface area contributed by atoms with Crippen LogP contribution in [0.25, 0.3) is 0 Å². The first-order valence-electron chi connectivity index (χ1n) is 7.34. The van der Waals surface area contributed by atoms with Crippen molar-refractivity contribution in [1.82, 2.24) is 4.90 Å². The Bertz CT molecular complexity index is 619. The summed E-state index contributed by atoms with van der Waals surface area (Å²) < 4.78 is 5.37. The minimum absolute atomic E-state index is 0.421. The summed E-state index contributed by atoms with van der Waals surface area (Å²) in [4.78, 5) is 2.65. The van der Waals surface area contributed by atoms with Crippen molar-refractivity contribution in [2.75, 3.05) is 7.11 Å². The largest absolute Gasteiger partial charge is 0.497 e. The molecule has 2 nitrogen and oxygen atoms in total. The zero-order valence-corrected chi connectivity index (χ0v) is 11.8. The highest BCUT2D eigenvalue weighted by atomic mass is 16.5. The lowest BCUT2D eigenvalue weighted by Gasteiger charge is -2.25. The van der Waals surface area contributed by atoms with Gasteiger partial charge in [-0.2, -0.15) is 0 Å². The molecule has 1 saturated carbocycles. The van der Waals surface area contributed by atoms with E-state index >= 15 is 0 Å². The third kappa shape index (κ3) is 1.92. The Hall–Kier alpha value is -1.80. The molecule has 0 radical (unpaired) electrons. The lowest BCUT2D eigenvalue weighted by Crippen LogP contribution is -2.25. The lowest BCUT2D eigenvalue weighted by atomic mass is 9.98. The molecule has 1 atom stereocenters. The topological polar surface area (TPSA) is 12.5 Å². The SMILES string of the molecule is COc1ccc2c(c1)CN(C1CC1)C2c1ccccc1.